The van der Waals surface area contributed by atoms with Crippen LogP contribution >= 0.6 is 11.8 Å². The maximum Gasteiger partial charge on any atom is 0.134 e. The van der Waals surface area contributed by atoms with Gasteiger partial charge in [0.15, 0.2) is 0 Å². The van der Waals surface area contributed by atoms with Crippen LogP contribution in [0.5, 0.6) is 5.75 Å². The number of aliphatic hydroxyl groups is 1. The minimum absolute atomic E-state index is 0.0837. The number of pyridine rings is 1. The van der Waals surface area contributed by atoms with Crippen LogP contribution in [-0.2, 0) is 0 Å². The summed E-state index contributed by atoms with van der Waals surface area (Å²) >= 11 is 1.62. The van der Waals surface area contributed by atoms with Gasteiger partial charge in [0.05, 0.1) is 6.61 Å². The SMILES string of the molecule is CSC(CO)C(C)Nc1nccc2ccc(O)cc12. The van der Waals surface area contributed by atoms with Crippen LogP contribution in [0, 0.1) is 0 Å². The summed E-state index contributed by atoms with van der Waals surface area (Å²) in [7, 11) is 0. The van der Waals surface area contributed by atoms with Gasteiger partial charge in [-0.1, -0.05) is 6.07 Å². The molecule has 1 aromatic carbocycles. The molecular formula is C14H18N2O2S. The molecule has 2 unspecified atom stereocenters. The van der Waals surface area contributed by atoms with Crippen LogP contribution < -0.4 is 5.32 Å². The van der Waals surface area contributed by atoms with Crippen molar-refractivity contribution in [1.82, 2.24) is 4.98 Å². The van der Waals surface area contributed by atoms with Crippen LogP contribution in [0.25, 0.3) is 10.8 Å². The van der Waals surface area contributed by atoms with Gasteiger partial charge in [-0.05, 0) is 36.8 Å². The molecule has 19 heavy (non-hydrogen) atoms. The topological polar surface area (TPSA) is 65.4 Å². The number of phenolic OH excluding ortho intramolecular Hbond substituents is 1. The molecule has 0 amide bonds. The van der Waals surface area contributed by atoms with E-state index in [2.05, 4.69) is 10.3 Å². The Morgan fingerprint density at radius 2 is 2.16 bits per heavy atom. The maximum atomic E-state index is 9.59. The monoisotopic (exact) mass is 278 g/mol. The Morgan fingerprint density at radius 1 is 1.37 bits per heavy atom. The molecule has 0 saturated carbocycles. The van der Waals surface area contributed by atoms with Crippen molar-refractivity contribution in [3.8, 4) is 5.75 Å². The van der Waals surface area contributed by atoms with Gasteiger partial charge < -0.3 is 15.5 Å². The molecule has 0 fully saturated rings. The Bertz CT molecular complexity index is 558. The van der Waals surface area contributed by atoms with Crippen molar-refractivity contribution in [3.05, 3.63) is 30.5 Å². The van der Waals surface area contributed by atoms with Gasteiger partial charge >= 0.3 is 0 Å². The van der Waals surface area contributed by atoms with Crippen molar-refractivity contribution in [3.63, 3.8) is 0 Å². The number of thioether (sulfide) groups is 1. The van der Waals surface area contributed by atoms with E-state index < -0.39 is 0 Å². The van der Waals surface area contributed by atoms with E-state index in [4.69, 9.17) is 0 Å². The number of rotatable bonds is 5. The first-order valence-electron chi connectivity index (χ1n) is 6.13. The van der Waals surface area contributed by atoms with Crippen molar-refractivity contribution in [2.75, 3.05) is 18.2 Å². The van der Waals surface area contributed by atoms with Gasteiger partial charge in [-0.15, -0.1) is 0 Å². The highest BCUT2D eigenvalue weighted by molar-refractivity contribution is 7.99. The number of hydrogen-bond acceptors (Lipinski definition) is 5. The first-order chi connectivity index (χ1) is 9.15. The van der Waals surface area contributed by atoms with E-state index in [0.717, 1.165) is 16.6 Å². The number of aliphatic hydroxyl groups excluding tert-OH is 1. The van der Waals surface area contributed by atoms with E-state index in [-0.39, 0.29) is 23.6 Å². The van der Waals surface area contributed by atoms with Gasteiger partial charge in [0.25, 0.3) is 0 Å². The van der Waals surface area contributed by atoms with E-state index in [0.29, 0.717) is 0 Å². The summed E-state index contributed by atoms with van der Waals surface area (Å²) in [4.78, 5) is 4.33. The van der Waals surface area contributed by atoms with Crippen molar-refractivity contribution >= 4 is 28.4 Å². The van der Waals surface area contributed by atoms with Crippen molar-refractivity contribution in [1.29, 1.82) is 0 Å². The first-order valence-corrected chi connectivity index (χ1v) is 7.42. The highest BCUT2D eigenvalue weighted by Crippen LogP contribution is 2.26. The van der Waals surface area contributed by atoms with Crippen LogP contribution in [0.3, 0.4) is 0 Å². The summed E-state index contributed by atoms with van der Waals surface area (Å²) in [5, 5.41) is 24.2. The number of fused-ring (bicyclic) bond motifs is 1. The lowest BCUT2D eigenvalue weighted by atomic mass is 10.1. The standard InChI is InChI=1S/C14H18N2O2S/c1-9(13(8-17)19-2)16-14-12-7-11(18)4-3-10(12)5-6-15-14/h3-7,9,13,17-18H,8H2,1-2H3,(H,15,16). The molecule has 0 aliphatic rings. The average molecular weight is 278 g/mol. The summed E-state index contributed by atoms with van der Waals surface area (Å²) < 4.78 is 0. The highest BCUT2D eigenvalue weighted by atomic mass is 32.2. The molecule has 0 saturated heterocycles. The predicted molar refractivity (Wildman–Crippen MR) is 80.9 cm³/mol. The van der Waals surface area contributed by atoms with Crippen LogP contribution in [0.4, 0.5) is 5.82 Å². The number of benzene rings is 1. The summed E-state index contributed by atoms with van der Waals surface area (Å²) in [6.45, 7) is 2.13. The lowest BCUT2D eigenvalue weighted by Crippen LogP contribution is -2.31. The Morgan fingerprint density at radius 3 is 2.84 bits per heavy atom. The molecule has 0 bridgehead atoms. The molecule has 5 heteroatoms. The lowest BCUT2D eigenvalue weighted by molar-refractivity contribution is 0.288. The molecule has 0 aliphatic heterocycles. The normalized spacial score (nSPS) is 14.3. The van der Waals surface area contributed by atoms with E-state index in [1.807, 2.05) is 25.3 Å². The van der Waals surface area contributed by atoms with Crippen LogP contribution in [0.1, 0.15) is 6.92 Å². The van der Waals surface area contributed by atoms with Gasteiger partial charge in [-0.25, -0.2) is 4.98 Å². The van der Waals surface area contributed by atoms with E-state index in [1.165, 1.54) is 0 Å². The molecular weight excluding hydrogens is 260 g/mol. The smallest absolute Gasteiger partial charge is 0.134 e. The largest absolute Gasteiger partial charge is 0.508 e. The molecule has 2 atom stereocenters. The Kier molecular flexibility index (Phi) is 4.50. The zero-order valence-corrected chi connectivity index (χ0v) is 11.8. The summed E-state index contributed by atoms with van der Waals surface area (Å²) in [5.41, 5.74) is 0. The number of aromatic hydroxyl groups is 1. The molecule has 0 aliphatic carbocycles. The lowest BCUT2D eigenvalue weighted by Gasteiger charge is -2.22. The van der Waals surface area contributed by atoms with Crippen molar-refractivity contribution in [2.45, 2.75) is 18.2 Å². The number of nitrogens with zero attached hydrogens (tertiary/aromatic N) is 1. The van der Waals surface area contributed by atoms with Crippen molar-refractivity contribution in [2.24, 2.45) is 0 Å². The summed E-state index contributed by atoms with van der Waals surface area (Å²) in [6.07, 6.45) is 3.71. The van der Waals surface area contributed by atoms with Crippen LogP contribution in [0.15, 0.2) is 30.5 Å². The highest BCUT2D eigenvalue weighted by Gasteiger charge is 2.16. The van der Waals surface area contributed by atoms with Gasteiger partial charge in [0.1, 0.15) is 11.6 Å². The first kappa shape index (κ1) is 14.0. The Balaban J connectivity index is 2.32. The second-order valence-electron chi connectivity index (χ2n) is 4.45. The molecule has 4 nitrogen and oxygen atoms in total. The number of aromatic nitrogens is 1. The van der Waals surface area contributed by atoms with Gasteiger partial charge in [-0.3, -0.25) is 0 Å². The van der Waals surface area contributed by atoms with Gasteiger partial charge in [0.2, 0.25) is 0 Å². The third kappa shape index (κ3) is 3.11. The third-order valence-electron chi connectivity index (χ3n) is 3.15. The molecule has 2 rings (SSSR count). The Labute approximate surface area is 116 Å². The molecule has 0 spiro atoms. The van der Waals surface area contributed by atoms with Crippen LogP contribution in [-0.4, -0.2) is 39.4 Å². The molecule has 2 aromatic rings. The van der Waals surface area contributed by atoms with E-state index >= 15 is 0 Å². The summed E-state index contributed by atoms with van der Waals surface area (Å²) in [6, 6.07) is 7.21. The zero-order chi connectivity index (χ0) is 13.8. The maximum absolute atomic E-state index is 9.59. The second kappa shape index (κ2) is 6.12. The summed E-state index contributed by atoms with van der Waals surface area (Å²) in [5.74, 6) is 0.952. The number of phenols is 1. The fourth-order valence-corrected chi connectivity index (χ4v) is 2.64. The van der Waals surface area contributed by atoms with Crippen LogP contribution in [0.2, 0.25) is 0 Å². The van der Waals surface area contributed by atoms with E-state index in [9.17, 15) is 10.2 Å². The average Bonchev–Trinajstić information content (AvgIpc) is 2.41. The molecule has 102 valence electrons. The quantitative estimate of drug-likeness (QED) is 0.784. The van der Waals surface area contributed by atoms with Crippen molar-refractivity contribution < 1.29 is 10.2 Å². The minimum atomic E-state index is 0.0837. The van der Waals surface area contributed by atoms with Gasteiger partial charge in [-0.2, -0.15) is 11.8 Å². The minimum Gasteiger partial charge on any atom is -0.508 e. The number of nitrogens with one attached hydrogen (secondary N) is 1. The molecule has 0 radical (unpaired) electrons. The molecule has 1 aromatic heterocycles. The zero-order valence-electron chi connectivity index (χ0n) is 11.0. The van der Waals surface area contributed by atoms with E-state index in [1.54, 1.807) is 30.1 Å². The number of anilines is 1. The molecule has 1 heterocycles. The number of hydrogen-bond donors (Lipinski definition) is 3. The molecule has 3 N–H and O–H groups in total. The van der Waals surface area contributed by atoms with Gasteiger partial charge in [0, 0.05) is 22.9 Å². The predicted octanol–water partition coefficient (Wildman–Crippen LogP) is 2.46. The third-order valence-corrected chi connectivity index (χ3v) is 4.32. The Hall–Kier alpha value is -1.46. The fourth-order valence-electron chi connectivity index (χ4n) is 2.02. The second-order valence-corrected chi connectivity index (χ2v) is 5.53. The fraction of sp³-hybridized carbons (Fsp3) is 0.357.